The summed E-state index contributed by atoms with van der Waals surface area (Å²) in [6.07, 6.45) is 0. The average molecular weight is 919 g/mol. The van der Waals surface area contributed by atoms with Crippen LogP contribution in [0.15, 0.2) is 231 Å². The molecule has 16 rings (SSSR count). The van der Waals surface area contributed by atoms with E-state index in [1.807, 2.05) is 22.7 Å². The predicted octanol–water partition coefficient (Wildman–Crippen LogP) is 20.6. The van der Waals surface area contributed by atoms with Crippen LogP contribution in [0.3, 0.4) is 0 Å². The van der Waals surface area contributed by atoms with Gasteiger partial charge < -0.3 is 0 Å². The van der Waals surface area contributed by atoms with Crippen molar-refractivity contribution in [3.8, 4) is 33.4 Å². The fourth-order valence-corrected chi connectivity index (χ4v) is 14.7. The van der Waals surface area contributed by atoms with Gasteiger partial charge in [0, 0.05) is 45.9 Å². The molecule has 0 N–H and O–H groups in total. The molecule has 0 atom stereocenters. The van der Waals surface area contributed by atoms with E-state index < -0.39 is 0 Å². The lowest BCUT2D eigenvalue weighted by molar-refractivity contribution is 1.70. The van der Waals surface area contributed by atoms with E-state index >= 15 is 0 Å². The topological polar surface area (TPSA) is 0 Å². The molecular formula is C68H38S2. The van der Waals surface area contributed by atoms with Gasteiger partial charge in [-0.05, 0) is 156 Å². The van der Waals surface area contributed by atoms with Gasteiger partial charge in [-0.25, -0.2) is 0 Å². The summed E-state index contributed by atoms with van der Waals surface area (Å²) in [5.74, 6) is 0. The Morgan fingerprint density at radius 1 is 0.200 bits per heavy atom. The Bertz CT molecular complexity index is 4840. The Labute approximate surface area is 410 Å². The SMILES string of the molecule is c1ccc2cc3c(cc2c1)c1ccccc1c1cc2sc4ccc(-c5c6ccccc6c(-c6c7ccccc7c(-c7cccc8c7sc7ccccc78)c7ccccc67)c6ccccc56)cc4c2cc31. The van der Waals surface area contributed by atoms with Crippen molar-refractivity contribution in [3.05, 3.63) is 231 Å². The molecule has 0 aliphatic rings. The van der Waals surface area contributed by atoms with Crippen LogP contribution in [0.25, 0.3) is 160 Å². The highest BCUT2D eigenvalue weighted by atomic mass is 32.1. The molecule has 0 nitrogen and oxygen atoms in total. The van der Waals surface area contributed by atoms with Crippen molar-refractivity contribution in [3.63, 3.8) is 0 Å². The number of hydrogen-bond donors (Lipinski definition) is 0. The Kier molecular flexibility index (Phi) is 8.02. The normalized spacial score (nSPS) is 12.3. The van der Waals surface area contributed by atoms with Gasteiger partial charge in [0.25, 0.3) is 0 Å². The van der Waals surface area contributed by atoms with Crippen molar-refractivity contribution in [2.75, 3.05) is 0 Å². The van der Waals surface area contributed by atoms with Crippen molar-refractivity contribution in [1.29, 1.82) is 0 Å². The smallest absolute Gasteiger partial charge is 0.0434 e. The van der Waals surface area contributed by atoms with Crippen LogP contribution in [-0.4, -0.2) is 0 Å². The van der Waals surface area contributed by atoms with E-state index in [1.165, 1.54) is 160 Å². The van der Waals surface area contributed by atoms with E-state index in [2.05, 4.69) is 231 Å². The van der Waals surface area contributed by atoms with Gasteiger partial charge in [0.15, 0.2) is 0 Å². The fraction of sp³-hybridized carbons (Fsp3) is 0. The number of fused-ring (bicyclic) bond motifs is 17. The van der Waals surface area contributed by atoms with Gasteiger partial charge in [0.1, 0.15) is 0 Å². The van der Waals surface area contributed by atoms with Crippen LogP contribution >= 0.6 is 22.7 Å². The standard InChI is InChI=1S/C68H38S2/c1-2-17-40-35-56-55(34-39(40)16-1)42-18-3-4-19-43(42)58-38-63-60(37-57(56)58)59-36-41(32-33-62(59)69-63)64-45-21-5-9-25-49(45)66(50-26-10-6-22-46(50)64)67-51-27-11-7-23-47(51)65(48-24-8-12-28-52(48)67)54-30-15-29-53-44-20-13-14-31-61(44)70-68(53)54/h1-38H. The highest BCUT2D eigenvalue weighted by Gasteiger charge is 2.24. The lowest BCUT2D eigenvalue weighted by Gasteiger charge is -2.22. The van der Waals surface area contributed by atoms with Gasteiger partial charge >= 0.3 is 0 Å². The number of rotatable bonds is 3. The van der Waals surface area contributed by atoms with Crippen molar-refractivity contribution in [1.82, 2.24) is 0 Å². The summed E-state index contributed by atoms with van der Waals surface area (Å²) in [6.45, 7) is 0. The van der Waals surface area contributed by atoms with E-state index in [0.717, 1.165) is 0 Å². The monoisotopic (exact) mass is 918 g/mol. The second-order valence-corrected chi connectivity index (χ2v) is 21.1. The molecule has 0 spiro atoms. The lowest BCUT2D eigenvalue weighted by atomic mass is 9.81. The first-order valence-electron chi connectivity index (χ1n) is 24.1. The number of benzene rings is 14. The van der Waals surface area contributed by atoms with Gasteiger partial charge in [0.05, 0.1) is 0 Å². The molecule has 0 radical (unpaired) electrons. The molecule has 0 aliphatic carbocycles. The number of thiophene rings is 2. The Hall–Kier alpha value is -8.40. The molecule has 0 unspecified atom stereocenters. The summed E-state index contributed by atoms with van der Waals surface area (Å²) in [6, 6.07) is 87.1. The van der Waals surface area contributed by atoms with E-state index in [1.54, 1.807) is 0 Å². The molecule has 2 aromatic heterocycles. The van der Waals surface area contributed by atoms with E-state index in [9.17, 15) is 0 Å². The molecule has 0 amide bonds. The zero-order valence-electron chi connectivity index (χ0n) is 37.8. The minimum atomic E-state index is 1.24. The minimum absolute atomic E-state index is 1.24. The van der Waals surface area contributed by atoms with Crippen molar-refractivity contribution < 1.29 is 0 Å². The molecule has 0 bridgehead atoms. The third-order valence-electron chi connectivity index (χ3n) is 15.4. The summed E-state index contributed by atoms with van der Waals surface area (Å²) in [5.41, 5.74) is 7.69. The molecule has 14 aromatic carbocycles. The van der Waals surface area contributed by atoms with E-state index in [4.69, 9.17) is 0 Å². The van der Waals surface area contributed by atoms with Crippen molar-refractivity contribution in [2.24, 2.45) is 0 Å². The van der Waals surface area contributed by atoms with Crippen LogP contribution in [-0.2, 0) is 0 Å². The van der Waals surface area contributed by atoms with Crippen molar-refractivity contribution in [2.45, 2.75) is 0 Å². The molecule has 0 aliphatic heterocycles. The second-order valence-electron chi connectivity index (χ2n) is 19.0. The van der Waals surface area contributed by atoms with Crippen LogP contribution in [0.5, 0.6) is 0 Å². The maximum absolute atomic E-state index is 2.50. The van der Waals surface area contributed by atoms with Gasteiger partial charge in [-0.1, -0.05) is 188 Å². The highest BCUT2D eigenvalue weighted by molar-refractivity contribution is 7.26. The quantitative estimate of drug-likeness (QED) is 0.122. The average Bonchev–Trinajstić information content (AvgIpc) is 3.99. The Morgan fingerprint density at radius 2 is 0.614 bits per heavy atom. The fourth-order valence-electron chi connectivity index (χ4n) is 12.4. The van der Waals surface area contributed by atoms with Crippen LogP contribution in [0.1, 0.15) is 0 Å². The highest BCUT2D eigenvalue weighted by Crippen LogP contribution is 2.52. The zero-order chi connectivity index (χ0) is 45.6. The predicted molar refractivity (Wildman–Crippen MR) is 309 cm³/mol. The zero-order valence-corrected chi connectivity index (χ0v) is 39.4. The maximum Gasteiger partial charge on any atom is 0.0434 e. The lowest BCUT2D eigenvalue weighted by Crippen LogP contribution is -1.94. The summed E-state index contributed by atoms with van der Waals surface area (Å²) < 4.78 is 5.29. The summed E-state index contributed by atoms with van der Waals surface area (Å²) in [5, 5.41) is 25.8. The van der Waals surface area contributed by atoms with E-state index in [-0.39, 0.29) is 0 Å². The molecule has 0 saturated carbocycles. The third-order valence-corrected chi connectivity index (χ3v) is 17.7. The Morgan fingerprint density at radius 3 is 1.20 bits per heavy atom. The van der Waals surface area contributed by atoms with Gasteiger partial charge in [-0.2, -0.15) is 0 Å². The van der Waals surface area contributed by atoms with Crippen LogP contribution in [0.2, 0.25) is 0 Å². The molecule has 2 heterocycles. The van der Waals surface area contributed by atoms with Crippen molar-refractivity contribution >= 4 is 149 Å². The van der Waals surface area contributed by atoms with Gasteiger partial charge in [-0.3, -0.25) is 0 Å². The molecule has 2 heteroatoms. The first-order chi connectivity index (χ1) is 34.7. The summed E-state index contributed by atoms with van der Waals surface area (Å²) in [7, 11) is 0. The first-order valence-corrected chi connectivity index (χ1v) is 25.8. The molecule has 0 fully saturated rings. The molecular weight excluding hydrogens is 881 g/mol. The molecule has 0 saturated heterocycles. The summed E-state index contributed by atoms with van der Waals surface area (Å²) >= 11 is 3.81. The van der Waals surface area contributed by atoms with Crippen LogP contribution in [0, 0.1) is 0 Å². The molecule has 16 aromatic rings. The molecule has 322 valence electrons. The third kappa shape index (κ3) is 5.35. The molecule has 70 heavy (non-hydrogen) atoms. The van der Waals surface area contributed by atoms with E-state index in [0.29, 0.717) is 0 Å². The second kappa shape index (κ2) is 14.6. The number of hydrogen-bond acceptors (Lipinski definition) is 2. The first kappa shape index (κ1) is 38.6. The van der Waals surface area contributed by atoms with Crippen LogP contribution < -0.4 is 0 Å². The van der Waals surface area contributed by atoms with Gasteiger partial charge in [-0.15, -0.1) is 22.7 Å². The van der Waals surface area contributed by atoms with Crippen LogP contribution in [0.4, 0.5) is 0 Å². The summed E-state index contributed by atoms with van der Waals surface area (Å²) in [4.78, 5) is 0. The maximum atomic E-state index is 2.50. The van der Waals surface area contributed by atoms with Gasteiger partial charge in [0.2, 0.25) is 0 Å². The largest absolute Gasteiger partial charge is 0.135 e. The minimum Gasteiger partial charge on any atom is -0.135 e. The Balaban J connectivity index is 0.965.